The van der Waals surface area contributed by atoms with Crippen LogP contribution in [0.5, 0.6) is 0 Å². The average molecular weight is 344 g/mol. The van der Waals surface area contributed by atoms with E-state index < -0.39 is 5.60 Å². The van der Waals surface area contributed by atoms with Crippen LogP contribution < -0.4 is 10.6 Å². The number of nitrogens with zero attached hydrogens (tertiary/aromatic N) is 3. The molecular weight excluding hydrogens is 316 g/mol. The number of anilines is 2. The van der Waals surface area contributed by atoms with E-state index in [0.717, 1.165) is 50.3 Å². The number of carbonyl (C=O) groups is 1. The third-order valence-electron chi connectivity index (χ3n) is 5.01. The minimum absolute atomic E-state index is 0.178. The second-order valence-corrected chi connectivity index (χ2v) is 8.24. The van der Waals surface area contributed by atoms with Crippen LogP contribution in [-0.4, -0.2) is 41.2 Å². The Hall–Kier alpha value is -2.24. The SMILES string of the molecule is C=C1CC2(CCN(C(=O)OC(C)(C)C)CC2)CN1c1ccc(N)nc1. The highest BCUT2D eigenvalue weighted by atomic mass is 16.6. The fourth-order valence-corrected chi connectivity index (χ4v) is 3.69. The number of amides is 1. The van der Waals surface area contributed by atoms with Crippen LogP contribution in [0.1, 0.15) is 40.0 Å². The second-order valence-electron chi connectivity index (χ2n) is 8.24. The normalized spacial score (nSPS) is 20.2. The lowest BCUT2D eigenvalue weighted by Crippen LogP contribution is -2.46. The molecule has 0 atom stereocenters. The number of pyridine rings is 1. The number of aromatic nitrogens is 1. The number of nitrogen functional groups attached to an aromatic ring is 1. The number of likely N-dealkylation sites (tertiary alicyclic amines) is 1. The van der Waals surface area contributed by atoms with Crippen molar-refractivity contribution in [1.82, 2.24) is 9.88 Å². The van der Waals surface area contributed by atoms with Gasteiger partial charge in [-0.1, -0.05) is 6.58 Å². The van der Waals surface area contributed by atoms with Crippen LogP contribution in [0.2, 0.25) is 0 Å². The second kappa shape index (κ2) is 6.24. The first-order valence-corrected chi connectivity index (χ1v) is 8.82. The van der Waals surface area contributed by atoms with E-state index in [4.69, 9.17) is 10.5 Å². The van der Waals surface area contributed by atoms with Crippen LogP contribution in [0, 0.1) is 5.41 Å². The first-order chi connectivity index (χ1) is 11.7. The zero-order valence-corrected chi connectivity index (χ0v) is 15.4. The monoisotopic (exact) mass is 344 g/mol. The quantitative estimate of drug-likeness (QED) is 0.845. The third kappa shape index (κ3) is 3.89. The van der Waals surface area contributed by atoms with Gasteiger partial charge in [0.25, 0.3) is 0 Å². The number of hydrogen-bond donors (Lipinski definition) is 1. The summed E-state index contributed by atoms with van der Waals surface area (Å²) in [5.74, 6) is 0.522. The van der Waals surface area contributed by atoms with Crippen molar-refractivity contribution < 1.29 is 9.53 Å². The van der Waals surface area contributed by atoms with Crippen molar-refractivity contribution >= 4 is 17.6 Å². The molecule has 0 bridgehead atoms. The van der Waals surface area contributed by atoms with E-state index in [-0.39, 0.29) is 11.5 Å². The molecule has 2 saturated heterocycles. The van der Waals surface area contributed by atoms with Crippen molar-refractivity contribution in [3.05, 3.63) is 30.6 Å². The van der Waals surface area contributed by atoms with E-state index in [0.29, 0.717) is 5.82 Å². The van der Waals surface area contributed by atoms with Gasteiger partial charge in [-0.05, 0) is 57.6 Å². The Kier molecular flexibility index (Phi) is 4.39. The summed E-state index contributed by atoms with van der Waals surface area (Å²) < 4.78 is 5.49. The maximum atomic E-state index is 12.3. The van der Waals surface area contributed by atoms with Crippen LogP contribution in [0.4, 0.5) is 16.3 Å². The summed E-state index contributed by atoms with van der Waals surface area (Å²) in [6, 6.07) is 3.81. The number of allylic oxidation sites excluding steroid dienone is 1. The van der Waals surface area contributed by atoms with Crippen molar-refractivity contribution in [2.24, 2.45) is 5.41 Å². The predicted molar refractivity (Wildman–Crippen MR) is 99.2 cm³/mol. The molecule has 6 nitrogen and oxygen atoms in total. The lowest BCUT2D eigenvalue weighted by atomic mass is 9.77. The fourth-order valence-electron chi connectivity index (χ4n) is 3.69. The van der Waals surface area contributed by atoms with Crippen LogP contribution >= 0.6 is 0 Å². The molecule has 0 aliphatic carbocycles. The summed E-state index contributed by atoms with van der Waals surface area (Å²) in [7, 11) is 0. The summed E-state index contributed by atoms with van der Waals surface area (Å²) in [5.41, 5.74) is 7.55. The molecule has 2 aliphatic rings. The van der Waals surface area contributed by atoms with Crippen molar-refractivity contribution in [3.8, 4) is 0 Å². The molecule has 25 heavy (non-hydrogen) atoms. The Labute approximate surface area is 149 Å². The van der Waals surface area contributed by atoms with Crippen molar-refractivity contribution in [2.75, 3.05) is 30.3 Å². The maximum Gasteiger partial charge on any atom is 0.410 e. The lowest BCUT2D eigenvalue weighted by molar-refractivity contribution is 0.0124. The van der Waals surface area contributed by atoms with Gasteiger partial charge in [0.1, 0.15) is 11.4 Å². The number of rotatable bonds is 1. The van der Waals surface area contributed by atoms with Gasteiger partial charge < -0.3 is 20.3 Å². The molecule has 1 aromatic heterocycles. The number of hydrogen-bond acceptors (Lipinski definition) is 5. The summed E-state index contributed by atoms with van der Waals surface area (Å²) in [6.07, 6.45) is 4.47. The van der Waals surface area contributed by atoms with E-state index in [1.54, 1.807) is 6.20 Å². The van der Waals surface area contributed by atoms with Gasteiger partial charge in [0, 0.05) is 25.3 Å². The molecule has 2 fully saturated rings. The molecule has 6 heteroatoms. The molecule has 0 saturated carbocycles. The van der Waals surface area contributed by atoms with Crippen LogP contribution in [0.25, 0.3) is 0 Å². The van der Waals surface area contributed by atoms with E-state index in [1.165, 1.54) is 0 Å². The maximum absolute atomic E-state index is 12.3. The Morgan fingerprint density at radius 2 is 2.00 bits per heavy atom. The minimum atomic E-state index is -0.452. The van der Waals surface area contributed by atoms with E-state index >= 15 is 0 Å². The number of ether oxygens (including phenoxy) is 1. The number of piperidine rings is 1. The largest absolute Gasteiger partial charge is 0.444 e. The number of nitrogens with two attached hydrogens (primary N) is 1. The van der Waals surface area contributed by atoms with Crippen molar-refractivity contribution in [3.63, 3.8) is 0 Å². The van der Waals surface area contributed by atoms with Crippen molar-refractivity contribution in [2.45, 2.75) is 45.6 Å². The standard InChI is InChI=1S/C19H28N4O2/c1-14-11-19(13-23(14)15-5-6-16(20)21-12-15)7-9-22(10-8-19)17(24)25-18(2,3)4/h5-6,12H,1,7-11,13H2,2-4H3,(H2,20,21). The van der Waals surface area contributed by atoms with E-state index in [9.17, 15) is 4.79 Å². The molecule has 1 amide bonds. The molecule has 3 heterocycles. The molecule has 1 spiro atoms. The Balaban J connectivity index is 1.63. The van der Waals surface area contributed by atoms with Gasteiger partial charge in [0.05, 0.1) is 11.9 Å². The lowest BCUT2D eigenvalue weighted by Gasteiger charge is -2.39. The van der Waals surface area contributed by atoms with Gasteiger partial charge in [0.15, 0.2) is 0 Å². The fraction of sp³-hybridized carbons (Fsp3) is 0.579. The van der Waals surface area contributed by atoms with Crippen LogP contribution in [-0.2, 0) is 4.74 Å². The molecule has 0 aromatic carbocycles. The minimum Gasteiger partial charge on any atom is -0.444 e. The predicted octanol–water partition coefficient (Wildman–Crippen LogP) is 3.40. The number of carbonyl (C=O) groups excluding carboxylic acids is 1. The molecular formula is C19H28N4O2. The molecule has 2 aliphatic heterocycles. The zero-order valence-electron chi connectivity index (χ0n) is 15.4. The molecule has 0 radical (unpaired) electrons. The van der Waals surface area contributed by atoms with Gasteiger partial charge in [-0.15, -0.1) is 0 Å². The van der Waals surface area contributed by atoms with Crippen LogP contribution in [0.15, 0.2) is 30.6 Å². The first-order valence-electron chi connectivity index (χ1n) is 8.82. The van der Waals surface area contributed by atoms with Crippen LogP contribution in [0.3, 0.4) is 0 Å². The highest BCUT2D eigenvalue weighted by Crippen LogP contribution is 2.46. The molecule has 0 unspecified atom stereocenters. The Morgan fingerprint density at radius 3 is 2.56 bits per heavy atom. The molecule has 1 aromatic rings. The third-order valence-corrected chi connectivity index (χ3v) is 5.01. The van der Waals surface area contributed by atoms with Gasteiger partial charge in [-0.2, -0.15) is 0 Å². The van der Waals surface area contributed by atoms with Gasteiger partial charge >= 0.3 is 6.09 Å². The summed E-state index contributed by atoms with van der Waals surface area (Å²) >= 11 is 0. The Morgan fingerprint density at radius 1 is 1.32 bits per heavy atom. The highest BCUT2D eigenvalue weighted by molar-refractivity contribution is 5.68. The molecule has 2 N–H and O–H groups in total. The van der Waals surface area contributed by atoms with Gasteiger partial charge in [-0.25, -0.2) is 9.78 Å². The summed E-state index contributed by atoms with van der Waals surface area (Å²) in [5, 5.41) is 0. The Bertz CT molecular complexity index is 655. The molecule has 136 valence electrons. The molecule has 3 rings (SSSR count). The average Bonchev–Trinajstić information content (AvgIpc) is 2.83. The van der Waals surface area contributed by atoms with Gasteiger partial charge in [-0.3, -0.25) is 0 Å². The van der Waals surface area contributed by atoms with E-state index in [2.05, 4.69) is 16.5 Å². The topological polar surface area (TPSA) is 71.7 Å². The first kappa shape index (κ1) is 17.6. The zero-order chi connectivity index (χ0) is 18.2. The smallest absolute Gasteiger partial charge is 0.410 e. The van der Waals surface area contributed by atoms with Gasteiger partial charge in [0.2, 0.25) is 0 Å². The highest BCUT2D eigenvalue weighted by Gasteiger charge is 2.43. The summed E-state index contributed by atoms with van der Waals surface area (Å²) in [4.78, 5) is 20.5. The van der Waals surface area contributed by atoms with E-state index in [1.807, 2.05) is 37.8 Å². The van der Waals surface area contributed by atoms with Crippen molar-refractivity contribution in [1.29, 1.82) is 0 Å². The summed E-state index contributed by atoms with van der Waals surface area (Å²) in [6.45, 7) is 12.3.